The van der Waals surface area contributed by atoms with Crippen molar-refractivity contribution in [3.05, 3.63) is 35.9 Å². The van der Waals surface area contributed by atoms with Crippen molar-refractivity contribution in [1.29, 1.82) is 0 Å². The Morgan fingerprint density at radius 2 is 1.92 bits per heavy atom. The molecule has 3 fully saturated rings. The molecule has 5 atom stereocenters. The summed E-state index contributed by atoms with van der Waals surface area (Å²) in [5.74, 6) is 0. The molecule has 0 aliphatic carbocycles. The van der Waals surface area contributed by atoms with Gasteiger partial charge in [0.05, 0.1) is 19.2 Å². The molecule has 3 saturated heterocycles. The van der Waals surface area contributed by atoms with Gasteiger partial charge >= 0.3 is 6.09 Å². The summed E-state index contributed by atoms with van der Waals surface area (Å²) in [7, 11) is 0. The molecule has 1 aromatic rings. The number of rotatable bonds is 1. The zero-order valence-corrected chi connectivity index (χ0v) is 14.2. The standard InChI is InChI=1S/C18H23NO5/c1-18(2,3)24-17(20)19-9-13-15(22-13)14-12(19)10-21-16(23-14)11-7-5-4-6-8-11/h4-8,12-16H,9-10H2,1-3H3/t12-,13-,14-,15+,16+/m1/s1. The minimum atomic E-state index is -0.531. The number of amides is 1. The molecule has 0 saturated carbocycles. The fourth-order valence-electron chi connectivity index (χ4n) is 3.35. The van der Waals surface area contributed by atoms with Gasteiger partial charge in [-0.25, -0.2) is 4.79 Å². The molecule has 24 heavy (non-hydrogen) atoms. The van der Waals surface area contributed by atoms with Crippen LogP contribution in [-0.4, -0.2) is 54.1 Å². The largest absolute Gasteiger partial charge is 0.444 e. The molecule has 6 nitrogen and oxygen atoms in total. The van der Waals surface area contributed by atoms with E-state index in [0.29, 0.717) is 13.2 Å². The number of likely N-dealkylation sites (tertiary alicyclic amines) is 1. The van der Waals surface area contributed by atoms with E-state index in [1.165, 1.54) is 0 Å². The first-order chi connectivity index (χ1) is 11.4. The summed E-state index contributed by atoms with van der Waals surface area (Å²) in [6.07, 6.45) is -0.861. The third-order valence-electron chi connectivity index (χ3n) is 4.50. The monoisotopic (exact) mass is 333 g/mol. The second kappa shape index (κ2) is 5.72. The summed E-state index contributed by atoms with van der Waals surface area (Å²) in [5.41, 5.74) is 0.444. The Labute approximate surface area is 141 Å². The van der Waals surface area contributed by atoms with Crippen LogP contribution in [-0.2, 0) is 18.9 Å². The Hall–Kier alpha value is -1.63. The maximum atomic E-state index is 12.5. The number of carbonyl (C=O) groups excluding carboxylic acids is 1. The van der Waals surface area contributed by atoms with Crippen molar-refractivity contribution in [2.75, 3.05) is 13.2 Å². The fourth-order valence-corrected chi connectivity index (χ4v) is 3.35. The molecule has 3 aliphatic rings. The van der Waals surface area contributed by atoms with Crippen LogP contribution >= 0.6 is 0 Å². The number of epoxide rings is 1. The summed E-state index contributed by atoms with van der Waals surface area (Å²) in [6.45, 7) is 6.53. The Morgan fingerprint density at radius 1 is 1.17 bits per heavy atom. The molecule has 0 aromatic heterocycles. The number of benzene rings is 1. The van der Waals surface area contributed by atoms with Crippen LogP contribution in [0.2, 0.25) is 0 Å². The van der Waals surface area contributed by atoms with E-state index in [1.807, 2.05) is 51.1 Å². The smallest absolute Gasteiger partial charge is 0.410 e. The van der Waals surface area contributed by atoms with Crippen LogP contribution in [0.5, 0.6) is 0 Å². The van der Waals surface area contributed by atoms with E-state index in [-0.39, 0.29) is 30.4 Å². The number of nitrogens with zero attached hydrogens (tertiary/aromatic N) is 1. The van der Waals surface area contributed by atoms with E-state index >= 15 is 0 Å². The van der Waals surface area contributed by atoms with Crippen LogP contribution in [0.4, 0.5) is 4.79 Å². The van der Waals surface area contributed by atoms with E-state index in [0.717, 1.165) is 5.56 Å². The van der Waals surface area contributed by atoms with E-state index in [2.05, 4.69) is 0 Å². The van der Waals surface area contributed by atoms with Crippen molar-refractivity contribution in [2.45, 2.75) is 57.0 Å². The van der Waals surface area contributed by atoms with Crippen molar-refractivity contribution in [2.24, 2.45) is 0 Å². The molecule has 0 unspecified atom stereocenters. The molecule has 6 heteroatoms. The van der Waals surface area contributed by atoms with Crippen molar-refractivity contribution in [3.8, 4) is 0 Å². The third-order valence-corrected chi connectivity index (χ3v) is 4.50. The number of carbonyl (C=O) groups is 1. The molecule has 0 spiro atoms. The molecular weight excluding hydrogens is 310 g/mol. The second-order valence-corrected chi connectivity index (χ2v) is 7.52. The van der Waals surface area contributed by atoms with E-state index < -0.39 is 11.9 Å². The molecule has 3 heterocycles. The maximum absolute atomic E-state index is 12.5. The zero-order valence-electron chi connectivity index (χ0n) is 14.2. The lowest BCUT2D eigenvalue weighted by Crippen LogP contribution is -2.60. The number of hydrogen-bond donors (Lipinski definition) is 0. The van der Waals surface area contributed by atoms with Crippen LogP contribution < -0.4 is 0 Å². The van der Waals surface area contributed by atoms with Gasteiger partial charge in [-0.2, -0.15) is 0 Å². The van der Waals surface area contributed by atoms with Crippen LogP contribution in [0.25, 0.3) is 0 Å². The van der Waals surface area contributed by atoms with Gasteiger partial charge in [-0.15, -0.1) is 0 Å². The first-order valence-electron chi connectivity index (χ1n) is 8.39. The molecule has 3 aliphatic heterocycles. The highest BCUT2D eigenvalue weighted by Crippen LogP contribution is 2.42. The molecule has 4 rings (SSSR count). The van der Waals surface area contributed by atoms with Gasteiger partial charge in [0.15, 0.2) is 6.29 Å². The Kier molecular flexibility index (Phi) is 3.78. The van der Waals surface area contributed by atoms with Gasteiger partial charge in [-0.05, 0) is 20.8 Å². The average Bonchev–Trinajstić information content (AvgIpc) is 3.32. The summed E-state index contributed by atoms with van der Waals surface area (Å²) in [4.78, 5) is 14.2. The van der Waals surface area contributed by atoms with Gasteiger partial charge in [0.2, 0.25) is 0 Å². The normalized spacial score (nSPS) is 35.0. The molecule has 0 N–H and O–H groups in total. The number of ether oxygens (including phenoxy) is 4. The molecular formula is C18H23NO5. The molecule has 130 valence electrons. The molecule has 0 radical (unpaired) electrons. The number of fused-ring (bicyclic) bond motifs is 3. The highest BCUT2D eigenvalue weighted by Gasteiger charge is 2.59. The summed E-state index contributed by atoms with van der Waals surface area (Å²) in [5, 5.41) is 0. The van der Waals surface area contributed by atoms with Gasteiger partial charge in [-0.3, -0.25) is 4.90 Å². The van der Waals surface area contributed by atoms with E-state index in [4.69, 9.17) is 18.9 Å². The molecule has 1 amide bonds. The van der Waals surface area contributed by atoms with Crippen LogP contribution in [0.15, 0.2) is 30.3 Å². The lowest BCUT2D eigenvalue weighted by atomic mass is 9.98. The third kappa shape index (κ3) is 3.01. The number of hydrogen-bond acceptors (Lipinski definition) is 5. The predicted molar refractivity (Wildman–Crippen MR) is 85.4 cm³/mol. The van der Waals surface area contributed by atoms with Crippen molar-refractivity contribution < 1.29 is 23.7 Å². The van der Waals surface area contributed by atoms with Crippen LogP contribution in [0.1, 0.15) is 32.6 Å². The Bertz CT molecular complexity index is 614. The summed E-state index contributed by atoms with van der Waals surface area (Å²) >= 11 is 0. The first kappa shape index (κ1) is 15.9. The van der Waals surface area contributed by atoms with Crippen LogP contribution in [0, 0.1) is 0 Å². The van der Waals surface area contributed by atoms with E-state index in [1.54, 1.807) is 4.90 Å². The summed E-state index contributed by atoms with van der Waals surface area (Å²) < 4.78 is 23.3. The zero-order chi connectivity index (χ0) is 16.9. The van der Waals surface area contributed by atoms with Crippen molar-refractivity contribution >= 4 is 6.09 Å². The molecule has 0 bridgehead atoms. The molecule has 1 aromatic carbocycles. The van der Waals surface area contributed by atoms with Gasteiger partial charge in [0.1, 0.15) is 23.9 Å². The lowest BCUT2D eigenvalue weighted by molar-refractivity contribution is -0.248. The Balaban J connectivity index is 1.50. The van der Waals surface area contributed by atoms with Crippen molar-refractivity contribution in [3.63, 3.8) is 0 Å². The number of piperidine rings is 1. The van der Waals surface area contributed by atoms with Gasteiger partial charge in [0, 0.05) is 5.56 Å². The van der Waals surface area contributed by atoms with E-state index in [9.17, 15) is 4.79 Å². The van der Waals surface area contributed by atoms with Crippen LogP contribution in [0.3, 0.4) is 0 Å². The topological polar surface area (TPSA) is 60.5 Å². The van der Waals surface area contributed by atoms with Gasteiger partial charge in [-0.1, -0.05) is 30.3 Å². The first-order valence-corrected chi connectivity index (χ1v) is 8.39. The quantitative estimate of drug-likeness (QED) is 0.739. The van der Waals surface area contributed by atoms with Gasteiger partial charge in [0.25, 0.3) is 0 Å². The van der Waals surface area contributed by atoms with Crippen molar-refractivity contribution in [1.82, 2.24) is 4.90 Å². The predicted octanol–water partition coefficient (Wildman–Crippen LogP) is 2.49. The minimum absolute atomic E-state index is 0.0355. The van der Waals surface area contributed by atoms with Gasteiger partial charge < -0.3 is 18.9 Å². The highest BCUT2D eigenvalue weighted by molar-refractivity contribution is 5.69. The Morgan fingerprint density at radius 3 is 2.62 bits per heavy atom. The second-order valence-electron chi connectivity index (χ2n) is 7.52. The SMILES string of the molecule is CC(C)(C)OC(=O)N1C[C@H]2O[C@@H]2[C@@H]2O[C@@H](c3ccccc3)OC[C@H]21. The minimum Gasteiger partial charge on any atom is -0.444 e. The average molecular weight is 333 g/mol. The summed E-state index contributed by atoms with van der Waals surface area (Å²) in [6, 6.07) is 9.65. The highest BCUT2D eigenvalue weighted by atomic mass is 16.7. The maximum Gasteiger partial charge on any atom is 0.410 e. The lowest BCUT2D eigenvalue weighted by Gasteiger charge is -2.44. The fraction of sp³-hybridized carbons (Fsp3) is 0.611.